The van der Waals surface area contributed by atoms with Crippen molar-refractivity contribution < 1.29 is 43.2 Å². The maximum atomic E-state index is 13.3. The average Bonchev–Trinajstić information content (AvgIpc) is 1.62. The van der Waals surface area contributed by atoms with Crippen LogP contribution in [0.5, 0.6) is 17.2 Å². The first kappa shape index (κ1) is 98.7. The summed E-state index contributed by atoms with van der Waals surface area (Å²) in [6, 6.07) is 57.8. The van der Waals surface area contributed by atoms with E-state index in [1.165, 1.54) is 0 Å². The number of ether oxygens (including phenoxy) is 4. The van der Waals surface area contributed by atoms with E-state index in [9.17, 15) is 38.7 Å². The third-order valence-electron chi connectivity index (χ3n) is 18.3. The van der Waals surface area contributed by atoms with E-state index in [-0.39, 0.29) is 78.6 Å². The number of nitrogen functional groups attached to an aromatic ring is 1. The second-order valence-electron chi connectivity index (χ2n) is 30.8. The molecular formula is C91H98Cl3N19O12Si2. The van der Waals surface area contributed by atoms with Crippen LogP contribution in [0, 0.1) is 45.3 Å². The van der Waals surface area contributed by atoms with Crippen LogP contribution in [0.15, 0.2) is 208 Å². The molecule has 0 atom stereocenters. The molecule has 13 rings (SSSR count). The number of fused-ring (bicyclic) bond motifs is 3. The van der Waals surface area contributed by atoms with Crippen LogP contribution in [0.4, 0.5) is 28.6 Å². The van der Waals surface area contributed by atoms with Gasteiger partial charge in [-0.25, -0.2) is 29.9 Å². The Kier molecular flexibility index (Phi) is 38.1. The molecule has 0 spiro atoms. The van der Waals surface area contributed by atoms with Crippen LogP contribution in [0.3, 0.4) is 0 Å². The Labute approximate surface area is 751 Å². The summed E-state index contributed by atoms with van der Waals surface area (Å²) < 4.78 is 31.6. The maximum Gasteiger partial charge on any atom is 0.279 e. The number of carbonyl (C=O) groups excluding carboxylic acids is 4. The van der Waals surface area contributed by atoms with E-state index in [4.69, 9.17) is 80.5 Å². The van der Waals surface area contributed by atoms with Gasteiger partial charge in [0.1, 0.15) is 60.9 Å². The summed E-state index contributed by atoms with van der Waals surface area (Å²) in [5.74, 6) is 1.86. The molecular weight excluding hydrogens is 1710 g/mol. The molecule has 1 aliphatic heterocycles. The van der Waals surface area contributed by atoms with Crippen molar-refractivity contribution in [3.63, 3.8) is 0 Å². The van der Waals surface area contributed by atoms with Gasteiger partial charge in [-0.05, 0) is 218 Å². The Morgan fingerprint density at radius 1 is 0.480 bits per heavy atom. The smallest absolute Gasteiger partial charge is 0.279 e. The van der Waals surface area contributed by atoms with Crippen molar-refractivity contribution >= 4 is 131 Å². The highest BCUT2D eigenvalue weighted by molar-refractivity contribution is 6.76. The number of aliphatic imine (C=N–C) groups is 1. The molecule has 5 aromatic heterocycles. The van der Waals surface area contributed by atoms with Crippen LogP contribution in [0.1, 0.15) is 73.4 Å². The number of nitrogens with one attached hydrogen (secondary N) is 3. The number of amides is 3. The van der Waals surface area contributed by atoms with E-state index < -0.39 is 21.4 Å². The van der Waals surface area contributed by atoms with Crippen LogP contribution >= 0.6 is 34.8 Å². The van der Waals surface area contributed by atoms with Gasteiger partial charge in [-0.1, -0.05) is 60.1 Å². The van der Waals surface area contributed by atoms with Crippen LogP contribution in [0.2, 0.25) is 51.4 Å². The number of hydrogen-bond acceptors (Lipinski definition) is 23. The zero-order valence-electron chi connectivity index (χ0n) is 71.8. The molecule has 0 unspecified atom stereocenters. The highest BCUT2D eigenvalue weighted by Gasteiger charge is 2.25. The quantitative estimate of drug-likeness (QED) is 0.00917. The standard InChI is InChI=1S/C29H34N6O4Si.C24H21N5O3.C20H28N4O3Si.C9H7ClN2O.C7H6N2.C2H2Cl2O/c1-5-14-34-19-31-27-26(29(34)37)35(20-38-15-16-40(2,3)4)28(33-27)22-8-12-24(13-9-22)39-18-25(36)32-23-10-6-21(17-30)7-11-23;1-2-11-29-15-26-23-20(24(29)31)12-21(28-23)17-5-9-19(10-6-17)32-14-22(30)27-18-7-3-16(13-25)4-8-18;1-5-10-23-13-21-18-17(20(23)26)24(14-27-11-12-28(2,3)4)19(22-18)15-6-8-16(25)9-7-15;10-5-9(13)12-8-3-1-7(6-11)2-4-8;8-5-6-1-3-7(9)4-2-6;3-1-2(4)5/h6-13,19H,5,14-16,18,20H2,1-4H3,(H,32,36);3-10,15H,2,11-12,14H2,1H3,(H,27,30);6-9,13,25H,5,10-12,14H2,1-4H3;1-4H,5H2,(H,12,13);1-4H,9H2;1H2. The Balaban J connectivity index is 0.000000207. The zero-order valence-corrected chi connectivity index (χ0v) is 76.0. The number of benzene rings is 7. The summed E-state index contributed by atoms with van der Waals surface area (Å²) in [7, 11) is -2.47. The third-order valence-corrected chi connectivity index (χ3v) is 22.5. The highest BCUT2D eigenvalue weighted by atomic mass is 35.5. The van der Waals surface area contributed by atoms with Gasteiger partial charge in [0.2, 0.25) is 11.1 Å². The van der Waals surface area contributed by atoms with Gasteiger partial charge in [0.15, 0.2) is 41.4 Å². The Hall–Kier alpha value is -13.7. The molecule has 12 aromatic rings. The number of halogens is 3. The van der Waals surface area contributed by atoms with Crippen molar-refractivity contribution in [2.45, 2.75) is 131 Å². The van der Waals surface area contributed by atoms with Gasteiger partial charge in [0, 0.05) is 89.3 Å². The fourth-order valence-corrected chi connectivity index (χ4v) is 13.3. The van der Waals surface area contributed by atoms with E-state index in [1.807, 2.05) is 69.3 Å². The molecule has 36 heteroatoms. The molecule has 0 radical (unpaired) electrons. The first-order valence-corrected chi connectivity index (χ1v) is 49.2. The number of aromatic hydroxyl groups is 1. The van der Waals surface area contributed by atoms with Crippen molar-refractivity contribution in [1.82, 2.24) is 47.8 Å². The van der Waals surface area contributed by atoms with E-state index in [0.717, 1.165) is 53.8 Å². The summed E-state index contributed by atoms with van der Waals surface area (Å²) in [4.78, 5) is 110. The fourth-order valence-electron chi connectivity index (χ4n) is 11.7. The van der Waals surface area contributed by atoms with E-state index in [2.05, 4.69) is 85.1 Å². The number of alkyl halides is 2. The number of aryl methyl sites for hydroxylation is 3. The molecule has 6 N–H and O–H groups in total. The minimum Gasteiger partial charge on any atom is -0.508 e. The van der Waals surface area contributed by atoms with E-state index >= 15 is 0 Å². The van der Waals surface area contributed by atoms with Gasteiger partial charge >= 0.3 is 0 Å². The van der Waals surface area contributed by atoms with E-state index in [1.54, 1.807) is 187 Å². The second-order valence-corrected chi connectivity index (χ2v) is 43.0. The number of hydrogen-bond donors (Lipinski definition) is 5. The predicted molar refractivity (Wildman–Crippen MR) is 498 cm³/mol. The SMILES string of the molecule is CCCn1cnc2c(c1=O)CC(c1ccc(OCC(=O)Nc3ccc(C#N)cc3)cc1)=N2.CCCn1cnc2nc(-c3ccc(O)cc3)n(COCC[Si](C)(C)C)c2c1=O.CCCn1cnc2nc(-c3ccc(OCC(=O)Nc4ccc(C#N)cc4)cc3)n(COCC[Si](C)(C)C)c2c1=O.N#Cc1ccc(N)cc1.N#Cc1ccc(NC(=O)CCl)cc1.O=C(Cl)CCl. The predicted octanol–water partition coefficient (Wildman–Crippen LogP) is 15.6. The van der Waals surface area contributed by atoms with Crippen molar-refractivity contribution in [2.75, 3.05) is 59.9 Å². The first-order valence-electron chi connectivity index (χ1n) is 40.4. The molecule has 31 nitrogen and oxygen atoms in total. The lowest BCUT2D eigenvalue weighted by molar-refractivity contribution is -0.118. The molecule has 0 saturated carbocycles. The van der Waals surface area contributed by atoms with Gasteiger partial charge < -0.3 is 45.7 Å². The topological polar surface area (TPSA) is 435 Å². The Morgan fingerprint density at radius 3 is 1.18 bits per heavy atom. The van der Waals surface area contributed by atoms with Crippen molar-refractivity contribution in [3.8, 4) is 64.3 Å². The van der Waals surface area contributed by atoms with Gasteiger partial charge in [-0.2, -0.15) is 21.0 Å². The molecule has 658 valence electrons. The normalized spacial score (nSPS) is 11.0. The lowest BCUT2D eigenvalue weighted by atomic mass is 10.1. The minimum absolute atomic E-state index is 0.0381. The van der Waals surface area contributed by atoms with Gasteiger partial charge in [0.25, 0.3) is 28.5 Å². The molecule has 0 aliphatic carbocycles. The largest absolute Gasteiger partial charge is 0.508 e. The fraction of sp³-hybridized carbons (Fsp3) is 0.286. The Bertz CT molecular complexity index is 6130. The number of nitrogens with two attached hydrogens (primary N) is 1. The number of carbonyl (C=O) groups is 4. The summed E-state index contributed by atoms with van der Waals surface area (Å²) in [6.07, 6.45) is 7.61. The van der Waals surface area contributed by atoms with Crippen molar-refractivity contribution in [1.29, 1.82) is 21.0 Å². The minimum atomic E-state index is -1.27. The molecule has 0 fully saturated rings. The number of rotatable bonds is 30. The first-order chi connectivity index (χ1) is 60.9. The Morgan fingerprint density at radius 2 is 0.827 bits per heavy atom. The number of aromatic nitrogens is 10. The highest BCUT2D eigenvalue weighted by Crippen LogP contribution is 2.29. The number of phenolic OH excluding ortho intramolecular Hbond substituents is 1. The molecule has 6 heterocycles. The lowest BCUT2D eigenvalue weighted by Crippen LogP contribution is -2.24. The molecule has 0 saturated heterocycles. The molecule has 1 aliphatic rings. The molecule has 3 amide bonds. The van der Waals surface area contributed by atoms with Gasteiger partial charge in [-0.15, -0.1) is 23.2 Å². The lowest BCUT2D eigenvalue weighted by Gasteiger charge is -2.16. The maximum absolute atomic E-state index is 13.3. The number of nitriles is 4. The molecule has 0 bridgehead atoms. The third kappa shape index (κ3) is 30.9. The van der Waals surface area contributed by atoms with E-state index in [0.29, 0.717) is 141 Å². The second kappa shape index (κ2) is 49.1. The van der Waals surface area contributed by atoms with Crippen LogP contribution in [0.25, 0.3) is 45.1 Å². The van der Waals surface area contributed by atoms with Gasteiger partial charge in [-0.3, -0.25) is 56.4 Å². The summed E-state index contributed by atoms with van der Waals surface area (Å²) in [6.45, 7) is 23.0. The van der Waals surface area contributed by atoms with Crippen molar-refractivity contribution in [2.24, 2.45) is 4.99 Å². The summed E-state index contributed by atoms with van der Waals surface area (Å²) >= 11 is 14.8. The summed E-state index contributed by atoms with van der Waals surface area (Å²) in [5, 5.41) is 51.6. The number of imidazole rings is 2. The molecule has 127 heavy (non-hydrogen) atoms. The van der Waals surface area contributed by atoms with Crippen LogP contribution in [-0.2, 0) is 68.2 Å². The number of anilines is 4. The average molecular weight is 1810 g/mol. The summed E-state index contributed by atoms with van der Waals surface area (Å²) in [5.41, 5.74) is 15.3. The zero-order chi connectivity index (χ0) is 92.2. The van der Waals surface area contributed by atoms with Crippen LogP contribution in [-0.4, -0.2) is 136 Å². The molecule has 7 aromatic carbocycles. The van der Waals surface area contributed by atoms with Crippen molar-refractivity contribution in [3.05, 3.63) is 253 Å². The number of phenols is 1. The van der Waals surface area contributed by atoms with Gasteiger partial charge in [0.05, 0.1) is 70.0 Å². The monoisotopic (exact) mass is 1810 g/mol. The number of nitrogens with zero attached hydrogens (tertiary/aromatic N) is 15. The van der Waals surface area contributed by atoms with Crippen LogP contribution < -0.4 is 47.8 Å².